The van der Waals surface area contributed by atoms with Crippen molar-refractivity contribution < 1.29 is 14.3 Å². The van der Waals surface area contributed by atoms with Crippen molar-refractivity contribution in [3.63, 3.8) is 0 Å². The first-order valence-electron chi connectivity index (χ1n) is 9.88. The van der Waals surface area contributed by atoms with E-state index in [4.69, 9.17) is 9.47 Å². The predicted octanol–water partition coefficient (Wildman–Crippen LogP) is 3.78. The predicted molar refractivity (Wildman–Crippen MR) is 110 cm³/mol. The molecule has 1 unspecified atom stereocenters. The minimum absolute atomic E-state index is 0.0163. The van der Waals surface area contributed by atoms with Crippen LogP contribution < -0.4 is 9.47 Å². The summed E-state index contributed by atoms with van der Waals surface area (Å²) in [6.07, 6.45) is 6.94. The number of para-hydroxylation sites is 2. The Labute approximate surface area is 168 Å². The molecule has 1 saturated heterocycles. The summed E-state index contributed by atoms with van der Waals surface area (Å²) in [4.78, 5) is 23.7. The van der Waals surface area contributed by atoms with E-state index in [2.05, 4.69) is 9.97 Å². The second-order valence-electron chi connectivity index (χ2n) is 7.21. The van der Waals surface area contributed by atoms with Gasteiger partial charge >= 0.3 is 0 Å². The molecule has 0 aliphatic carbocycles. The summed E-state index contributed by atoms with van der Waals surface area (Å²) < 4.78 is 11.3. The second-order valence-corrected chi connectivity index (χ2v) is 7.21. The van der Waals surface area contributed by atoms with Gasteiger partial charge in [0.2, 0.25) is 5.91 Å². The Hall–Kier alpha value is -3.41. The lowest BCUT2D eigenvalue weighted by molar-refractivity contribution is -0.126. The summed E-state index contributed by atoms with van der Waals surface area (Å²) in [5.41, 5.74) is 3.41. The molecule has 0 N–H and O–H groups in total. The van der Waals surface area contributed by atoms with Gasteiger partial charge in [0.25, 0.3) is 0 Å². The maximum Gasteiger partial charge on any atom is 0.247 e. The van der Waals surface area contributed by atoms with Crippen molar-refractivity contribution in [3.05, 3.63) is 66.0 Å². The Morgan fingerprint density at radius 1 is 1.07 bits per heavy atom. The average Bonchev–Trinajstić information content (AvgIpc) is 3.27. The molecule has 146 valence electrons. The van der Waals surface area contributed by atoms with Crippen molar-refractivity contribution in [1.82, 2.24) is 14.9 Å². The van der Waals surface area contributed by atoms with Gasteiger partial charge in [-0.05, 0) is 48.7 Å². The number of carbonyl (C=O) groups excluding carboxylic acids is 1. The van der Waals surface area contributed by atoms with Crippen LogP contribution in [0.1, 0.15) is 30.1 Å². The van der Waals surface area contributed by atoms with Crippen LogP contribution >= 0.6 is 0 Å². The molecule has 1 fully saturated rings. The van der Waals surface area contributed by atoms with E-state index in [1.165, 1.54) is 0 Å². The van der Waals surface area contributed by atoms with Gasteiger partial charge in [-0.2, -0.15) is 0 Å². The standard InChI is InChI=1S/C23H21N3O3/c27-23(10-8-17-15-24-18-4-1-2-5-19(18)25-17)26-11-3-6-20(26)16-7-9-21-22(14-16)29-13-12-28-21/h1-2,4-5,7-10,14-15,20H,3,6,11-13H2/b10-8+. The Balaban J connectivity index is 1.35. The minimum Gasteiger partial charge on any atom is -0.486 e. The topological polar surface area (TPSA) is 64.6 Å². The lowest BCUT2D eigenvalue weighted by Gasteiger charge is -2.26. The number of ether oxygens (including phenoxy) is 2. The molecule has 0 saturated carbocycles. The second kappa shape index (κ2) is 7.54. The summed E-state index contributed by atoms with van der Waals surface area (Å²) in [5.74, 6) is 1.51. The zero-order valence-electron chi connectivity index (χ0n) is 16.0. The van der Waals surface area contributed by atoms with E-state index in [0.29, 0.717) is 18.9 Å². The van der Waals surface area contributed by atoms with Crippen molar-refractivity contribution in [3.8, 4) is 11.5 Å². The molecule has 1 amide bonds. The third-order valence-electron chi connectivity index (χ3n) is 5.35. The number of aromatic nitrogens is 2. The molecular formula is C23H21N3O3. The number of fused-ring (bicyclic) bond motifs is 2. The highest BCUT2D eigenvalue weighted by Crippen LogP contribution is 2.38. The largest absolute Gasteiger partial charge is 0.486 e. The highest BCUT2D eigenvalue weighted by atomic mass is 16.6. The first kappa shape index (κ1) is 17.7. The maximum absolute atomic E-state index is 12.9. The number of hydrogen-bond acceptors (Lipinski definition) is 5. The van der Waals surface area contributed by atoms with E-state index < -0.39 is 0 Å². The quantitative estimate of drug-likeness (QED) is 0.640. The van der Waals surface area contributed by atoms with Gasteiger partial charge in [0.05, 0.1) is 29.0 Å². The van der Waals surface area contributed by atoms with Crippen molar-refractivity contribution in [2.75, 3.05) is 19.8 Å². The Kier molecular flexibility index (Phi) is 4.60. The average molecular weight is 387 g/mol. The van der Waals surface area contributed by atoms with E-state index in [1.807, 2.05) is 47.4 Å². The molecule has 0 radical (unpaired) electrons. The van der Waals surface area contributed by atoms with Crippen LogP contribution in [0.15, 0.2) is 54.7 Å². The molecule has 3 heterocycles. The van der Waals surface area contributed by atoms with Gasteiger partial charge < -0.3 is 14.4 Å². The van der Waals surface area contributed by atoms with Crippen molar-refractivity contribution in [2.45, 2.75) is 18.9 Å². The Morgan fingerprint density at radius 2 is 1.90 bits per heavy atom. The van der Waals surface area contributed by atoms with Crippen molar-refractivity contribution in [2.24, 2.45) is 0 Å². The minimum atomic E-state index is -0.0163. The van der Waals surface area contributed by atoms with Crippen LogP contribution in [0.3, 0.4) is 0 Å². The molecule has 0 spiro atoms. The van der Waals surface area contributed by atoms with E-state index in [1.54, 1.807) is 18.3 Å². The molecule has 2 aromatic carbocycles. The normalized spacial score (nSPS) is 18.5. The molecule has 6 nitrogen and oxygen atoms in total. The Bertz CT molecular complexity index is 1100. The molecule has 6 heteroatoms. The molecule has 1 atom stereocenters. The van der Waals surface area contributed by atoms with Gasteiger partial charge in [-0.3, -0.25) is 9.78 Å². The monoisotopic (exact) mass is 387 g/mol. The number of benzene rings is 2. The summed E-state index contributed by atoms with van der Waals surface area (Å²) >= 11 is 0. The van der Waals surface area contributed by atoms with Crippen molar-refractivity contribution in [1.29, 1.82) is 0 Å². The molecule has 0 bridgehead atoms. The molecule has 2 aliphatic heterocycles. The zero-order valence-corrected chi connectivity index (χ0v) is 16.0. The lowest BCUT2D eigenvalue weighted by Crippen LogP contribution is -2.29. The van der Waals surface area contributed by atoms with Crippen LogP contribution in [0.25, 0.3) is 17.1 Å². The first-order chi connectivity index (χ1) is 14.3. The smallest absolute Gasteiger partial charge is 0.247 e. The number of rotatable bonds is 3. The third kappa shape index (κ3) is 3.53. The van der Waals surface area contributed by atoms with Crippen LogP contribution in [0.5, 0.6) is 11.5 Å². The van der Waals surface area contributed by atoms with Gasteiger partial charge in [0.1, 0.15) is 13.2 Å². The summed E-state index contributed by atoms with van der Waals surface area (Å²) in [7, 11) is 0. The molecule has 3 aromatic rings. The van der Waals surface area contributed by atoms with E-state index >= 15 is 0 Å². The van der Waals surface area contributed by atoms with Crippen LogP contribution in [0.4, 0.5) is 0 Å². The number of carbonyl (C=O) groups is 1. The Morgan fingerprint density at radius 3 is 2.79 bits per heavy atom. The number of amides is 1. The molecule has 2 aliphatic rings. The number of likely N-dealkylation sites (tertiary alicyclic amines) is 1. The van der Waals surface area contributed by atoms with Gasteiger partial charge in [0, 0.05) is 12.6 Å². The third-order valence-corrected chi connectivity index (χ3v) is 5.35. The van der Waals surface area contributed by atoms with Gasteiger partial charge in [-0.1, -0.05) is 18.2 Å². The van der Waals surface area contributed by atoms with Crippen LogP contribution in [-0.2, 0) is 4.79 Å². The fourth-order valence-corrected chi connectivity index (χ4v) is 3.95. The molecule has 29 heavy (non-hydrogen) atoms. The van der Waals surface area contributed by atoms with Crippen molar-refractivity contribution >= 4 is 23.0 Å². The van der Waals surface area contributed by atoms with Gasteiger partial charge in [-0.25, -0.2) is 4.98 Å². The van der Waals surface area contributed by atoms with Crippen LogP contribution in [-0.4, -0.2) is 40.5 Å². The van der Waals surface area contributed by atoms with Crippen LogP contribution in [0.2, 0.25) is 0 Å². The first-order valence-corrected chi connectivity index (χ1v) is 9.88. The SMILES string of the molecule is O=C(/C=C/c1cnc2ccccc2n1)N1CCCC1c1ccc2c(c1)OCCO2. The number of nitrogens with zero attached hydrogens (tertiary/aromatic N) is 3. The van der Waals surface area contributed by atoms with Gasteiger partial charge in [0.15, 0.2) is 11.5 Å². The summed E-state index contributed by atoms with van der Waals surface area (Å²) in [6, 6.07) is 13.7. The van der Waals surface area contributed by atoms with E-state index in [-0.39, 0.29) is 11.9 Å². The zero-order chi connectivity index (χ0) is 19.6. The molecule has 5 rings (SSSR count). The highest BCUT2D eigenvalue weighted by Gasteiger charge is 2.29. The lowest BCUT2D eigenvalue weighted by atomic mass is 10.0. The fourth-order valence-electron chi connectivity index (χ4n) is 3.95. The fraction of sp³-hybridized carbons (Fsp3) is 0.261. The van der Waals surface area contributed by atoms with Gasteiger partial charge in [-0.15, -0.1) is 0 Å². The number of hydrogen-bond donors (Lipinski definition) is 0. The highest BCUT2D eigenvalue weighted by molar-refractivity contribution is 5.92. The maximum atomic E-state index is 12.9. The summed E-state index contributed by atoms with van der Waals surface area (Å²) in [6.45, 7) is 1.87. The van der Waals surface area contributed by atoms with E-state index in [0.717, 1.165) is 47.5 Å². The summed E-state index contributed by atoms with van der Waals surface area (Å²) in [5, 5.41) is 0. The van der Waals surface area contributed by atoms with Crippen LogP contribution in [0, 0.1) is 0 Å². The molecule has 1 aromatic heterocycles. The molecular weight excluding hydrogens is 366 g/mol. The van der Waals surface area contributed by atoms with E-state index in [9.17, 15) is 4.79 Å².